The minimum Gasteiger partial charge on any atom is -0.302 e. The van der Waals surface area contributed by atoms with Crippen LogP contribution in [0.1, 0.15) is 12.0 Å². The van der Waals surface area contributed by atoms with E-state index in [4.69, 9.17) is 0 Å². The van der Waals surface area contributed by atoms with Crippen molar-refractivity contribution in [2.24, 2.45) is 0 Å². The van der Waals surface area contributed by atoms with E-state index in [2.05, 4.69) is 72.6 Å². The first kappa shape index (κ1) is 14.8. The summed E-state index contributed by atoms with van der Waals surface area (Å²) < 4.78 is 0. The van der Waals surface area contributed by atoms with E-state index in [1.807, 2.05) is 0 Å². The average molecular weight is 286 g/mol. The monoisotopic (exact) mass is 285 g/mol. The highest BCUT2D eigenvalue weighted by Crippen LogP contribution is 2.21. The molecule has 2 aromatic carbocycles. The molecule has 2 aromatic rings. The molecule has 0 aliphatic carbocycles. The SMILES string of the molecule is CN1CC=C(/C=C/c2cccc3ccccc23)CC1.Cl. The van der Waals surface area contributed by atoms with Crippen molar-refractivity contribution in [3.05, 3.63) is 65.8 Å². The zero-order valence-electron chi connectivity index (χ0n) is 11.8. The molecule has 1 nitrogen and oxygen atoms in total. The van der Waals surface area contributed by atoms with Crippen LogP contribution in [0.3, 0.4) is 0 Å². The molecule has 0 saturated heterocycles. The van der Waals surface area contributed by atoms with Gasteiger partial charge in [-0.2, -0.15) is 0 Å². The van der Waals surface area contributed by atoms with Crippen LogP contribution in [0.4, 0.5) is 0 Å². The third-order valence-electron chi connectivity index (χ3n) is 3.75. The van der Waals surface area contributed by atoms with Gasteiger partial charge in [-0.1, -0.05) is 60.7 Å². The Morgan fingerprint density at radius 2 is 1.80 bits per heavy atom. The number of hydrogen-bond donors (Lipinski definition) is 0. The molecule has 3 rings (SSSR count). The Kier molecular flexibility index (Phi) is 4.99. The van der Waals surface area contributed by atoms with Crippen LogP contribution in [0, 0.1) is 0 Å². The summed E-state index contributed by atoms with van der Waals surface area (Å²) in [5.74, 6) is 0. The zero-order chi connectivity index (χ0) is 13.1. The molecule has 2 heteroatoms. The fourth-order valence-electron chi connectivity index (χ4n) is 2.53. The van der Waals surface area contributed by atoms with Crippen LogP contribution in [0.5, 0.6) is 0 Å². The van der Waals surface area contributed by atoms with E-state index in [0.717, 1.165) is 19.5 Å². The second-order valence-electron chi connectivity index (χ2n) is 5.19. The normalized spacial score (nSPS) is 16.1. The molecule has 0 N–H and O–H groups in total. The van der Waals surface area contributed by atoms with Crippen LogP contribution in [0.2, 0.25) is 0 Å². The lowest BCUT2D eigenvalue weighted by molar-refractivity contribution is 0.361. The number of allylic oxidation sites excluding steroid dienone is 1. The van der Waals surface area contributed by atoms with Gasteiger partial charge in [0.25, 0.3) is 0 Å². The highest BCUT2D eigenvalue weighted by Gasteiger charge is 2.04. The summed E-state index contributed by atoms with van der Waals surface area (Å²) in [7, 11) is 2.17. The maximum Gasteiger partial charge on any atom is 0.0165 e. The van der Waals surface area contributed by atoms with Gasteiger partial charge in [-0.15, -0.1) is 12.4 Å². The molecule has 0 fully saturated rings. The summed E-state index contributed by atoms with van der Waals surface area (Å²) in [5.41, 5.74) is 2.75. The summed E-state index contributed by atoms with van der Waals surface area (Å²) in [5, 5.41) is 2.64. The number of fused-ring (bicyclic) bond motifs is 1. The van der Waals surface area contributed by atoms with Gasteiger partial charge in [0.05, 0.1) is 0 Å². The van der Waals surface area contributed by atoms with Crippen molar-refractivity contribution in [2.45, 2.75) is 6.42 Å². The van der Waals surface area contributed by atoms with Gasteiger partial charge in [-0.25, -0.2) is 0 Å². The molecule has 0 saturated carbocycles. The Labute approximate surface area is 127 Å². The van der Waals surface area contributed by atoms with Crippen molar-refractivity contribution < 1.29 is 0 Å². The number of nitrogens with zero attached hydrogens (tertiary/aromatic N) is 1. The molecule has 20 heavy (non-hydrogen) atoms. The van der Waals surface area contributed by atoms with Crippen molar-refractivity contribution in [1.29, 1.82) is 0 Å². The first-order valence-corrected chi connectivity index (χ1v) is 6.86. The molecule has 0 spiro atoms. The molecule has 1 aliphatic heterocycles. The number of benzene rings is 2. The Balaban J connectivity index is 0.00000147. The Morgan fingerprint density at radius 3 is 2.60 bits per heavy atom. The first-order valence-electron chi connectivity index (χ1n) is 6.86. The minimum absolute atomic E-state index is 0. The van der Waals surface area contributed by atoms with E-state index in [1.54, 1.807) is 0 Å². The smallest absolute Gasteiger partial charge is 0.0165 e. The molecule has 0 atom stereocenters. The number of likely N-dealkylation sites (N-methyl/N-ethyl adjacent to an activating group) is 1. The molecule has 0 bridgehead atoms. The number of hydrogen-bond acceptors (Lipinski definition) is 1. The zero-order valence-corrected chi connectivity index (χ0v) is 12.6. The van der Waals surface area contributed by atoms with E-state index in [1.165, 1.54) is 21.9 Å². The highest BCUT2D eigenvalue weighted by molar-refractivity contribution is 5.90. The van der Waals surface area contributed by atoms with Crippen molar-refractivity contribution in [2.75, 3.05) is 20.1 Å². The summed E-state index contributed by atoms with van der Waals surface area (Å²) in [4.78, 5) is 2.34. The largest absolute Gasteiger partial charge is 0.302 e. The molecule has 104 valence electrons. The van der Waals surface area contributed by atoms with Crippen LogP contribution < -0.4 is 0 Å². The van der Waals surface area contributed by atoms with Crippen LogP contribution >= 0.6 is 12.4 Å². The highest BCUT2D eigenvalue weighted by atomic mass is 35.5. The van der Waals surface area contributed by atoms with E-state index in [-0.39, 0.29) is 12.4 Å². The molecule has 0 radical (unpaired) electrons. The first-order chi connectivity index (χ1) is 9.33. The minimum atomic E-state index is 0. The van der Waals surface area contributed by atoms with Crippen molar-refractivity contribution in [3.8, 4) is 0 Å². The summed E-state index contributed by atoms with van der Waals surface area (Å²) in [6, 6.07) is 15.0. The van der Waals surface area contributed by atoms with Gasteiger partial charge >= 0.3 is 0 Å². The van der Waals surface area contributed by atoms with Crippen molar-refractivity contribution in [3.63, 3.8) is 0 Å². The maximum absolute atomic E-state index is 2.34. The van der Waals surface area contributed by atoms with Gasteiger partial charge < -0.3 is 4.90 Å². The van der Waals surface area contributed by atoms with Crippen LogP contribution in [0.15, 0.2) is 60.2 Å². The van der Waals surface area contributed by atoms with Crippen LogP contribution in [0.25, 0.3) is 16.8 Å². The van der Waals surface area contributed by atoms with Crippen molar-refractivity contribution in [1.82, 2.24) is 4.90 Å². The van der Waals surface area contributed by atoms with Gasteiger partial charge in [0.1, 0.15) is 0 Å². The Hall–Kier alpha value is -1.57. The predicted octanol–water partition coefficient (Wildman–Crippen LogP) is 4.54. The van der Waals surface area contributed by atoms with E-state index < -0.39 is 0 Å². The predicted molar refractivity (Wildman–Crippen MR) is 90.4 cm³/mol. The van der Waals surface area contributed by atoms with Gasteiger partial charge in [0, 0.05) is 13.1 Å². The van der Waals surface area contributed by atoms with E-state index >= 15 is 0 Å². The Morgan fingerprint density at radius 1 is 1.00 bits per heavy atom. The molecule has 0 amide bonds. The van der Waals surface area contributed by atoms with Crippen LogP contribution in [-0.2, 0) is 0 Å². The lowest BCUT2D eigenvalue weighted by Gasteiger charge is -2.20. The topological polar surface area (TPSA) is 3.24 Å². The van der Waals surface area contributed by atoms with Gasteiger partial charge in [0.15, 0.2) is 0 Å². The maximum atomic E-state index is 2.34. The van der Waals surface area contributed by atoms with Gasteiger partial charge in [-0.05, 0) is 35.4 Å². The molecule has 1 heterocycles. The van der Waals surface area contributed by atoms with E-state index in [9.17, 15) is 0 Å². The molecular weight excluding hydrogens is 266 g/mol. The summed E-state index contributed by atoms with van der Waals surface area (Å²) >= 11 is 0. The third kappa shape index (κ3) is 3.30. The quantitative estimate of drug-likeness (QED) is 0.783. The number of rotatable bonds is 2. The van der Waals surface area contributed by atoms with Crippen LogP contribution in [-0.4, -0.2) is 25.0 Å². The van der Waals surface area contributed by atoms with Gasteiger partial charge in [0.2, 0.25) is 0 Å². The molecule has 1 aliphatic rings. The second kappa shape index (κ2) is 6.74. The molecule has 0 aromatic heterocycles. The van der Waals surface area contributed by atoms with Crippen molar-refractivity contribution >= 4 is 29.3 Å². The third-order valence-corrected chi connectivity index (χ3v) is 3.75. The number of halogens is 1. The lowest BCUT2D eigenvalue weighted by atomic mass is 10.0. The lowest BCUT2D eigenvalue weighted by Crippen LogP contribution is -2.23. The Bertz CT molecular complexity index is 637. The molecule has 0 unspecified atom stereocenters. The fraction of sp³-hybridized carbons (Fsp3) is 0.222. The second-order valence-corrected chi connectivity index (χ2v) is 5.19. The van der Waals surface area contributed by atoms with Gasteiger partial charge in [-0.3, -0.25) is 0 Å². The fourth-order valence-corrected chi connectivity index (χ4v) is 2.53. The summed E-state index contributed by atoms with van der Waals surface area (Å²) in [6.07, 6.45) is 8.00. The average Bonchev–Trinajstić information content (AvgIpc) is 2.47. The standard InChI is InChI=1S/C18H19N.ClH/c1-19-13-11-15(12-14-19)9-10-17-7-4-6-16-5-2-3-8-18(16)17;/h2-11H,12-14H2,1H3;1H/b10-9+;. The summed E-state index contributed by atoms with van der Waals surface area (Å²) in [6.45, 7) is 2.22. The van der Waals surface area contributed by atoms with E-state index in [0.29, 0.717) is 0 Å². The molecular formula is C18H20ClN.